The Kier molecular flexibility index (Phi) is 5.76. The van der Waals surface area contributed by atoms with E-state index in [4.69, 9.17) is 14.2 Å². The predicted octanol–water partition coefficient (Wildman–Crippen LogP) is 6.05. The molecule has 3 aliphatic carbocycles. The van der Waals surface area contributed by atoms with Gasteiger partial charge in [0.05, 0.1) is 30.1 Å². The summed E-state index contributed by atoms with van der Waals surface area (Å²) in [5.74, 6) is -0.865. The van der Waals surface area contributed by atoms with Crippen molar-refractivity contribution in [2.75, 3.05) is 7.11 Å². The molecule has 7 rings (SSSR count). The lowest BCUT2D eigenvalue weighted by Crippen LogP contribution is -2.51. The molecule has 2 atom stereocenters. The maximum absolute atomic E-state index is 13.4. The Morgan fingerprint density at radius 3 is 1.51 bits per heavy atom. The highest BCUT2D eigenvalue weighted by Crippen LogP contribution is 2.54. The molecule has 2 bridgehead atoms. The molecular weight excluding hydrogens is 464 g/mol. The van der Waals surface area contributed by atoms with Gasteiger partial charge in [-0.15, -0.1) is 0 Å². The maximum Gasteiger partial charge on any atom is 0.338 e. The van der Waals surface area contributed by atoms with Gasteiger partial charge in [0.1, 0.15) is 5.75 Å². The summed E-state index contributed by atoms with van der Waals surface area (Å²) in [7, 11) is 1.55. The van der Waals surface area contributed by atoms with Gasteiger partial charge in [0.25, 0.3) is 0 Å². The zero-order valence-electron chi connectivity index (χ0n) is 20.6. The lowest BCUT2D eigenvalue weighted by atomic mass is 9.61. The zero-order valence-corrected chi connectivity index (χ0v) is 20.6. The van der Waals surface area contributed by atoms with Crippen LogP contribution in [0.3, 0.4) is 0 Å². The second-order valence-corrected chi connectivity index (χ2v) is 9.55. The molecule has 2 unspecified atom stereocenters. The van der Waals surface area contributed by atoms with Crippen molar-refractivity contribution in [3.63, 3.8) is 0 Å². The number of aryl methyl sites for hydroxylation is 1. The van der Waals surface area contributed by atoms with E-state index in [2.05, 4.69) is 24.3 Å². The van der Waals surface area contributed by atoms with Crippen LogP contribution in [0.25, 0.3) is 0 Å². The summed E-state index contributed by atoms with van der Waals surface area (Å²) in [6.45, 7) is 1.94. The molecule has 0 spiro atoms. The number of hydrogen-bond acceptors (Lipinski definition) is 5. The van der Waals surface area contributed by atoms with Crippen LogP contribution in [0, 0.1) is 6.92 Å². The van der Waals surface area contributed by atoms with Crippen LogP contribution in [0.15, 0.2) is 97.1 Å². The van der Waals surface area contributed by atoms with Gasteiger partial charge in [-0.1, -0.05) is 72.3 Å². The number of rotatable bonds is 5. The van der Waals surface area contributed by atoms with E-state index in [0.29, 0.717) is 16.9 Å². The minimum absolute atomic E-state index is 0.255. The van der Waals surface area contributed by atoms with Crippen molar-refractivity contribution in [2.24, 2.45) is 0 Å². The average Bonchev–Trinajstić information content (AvgIpc) is 2.94. The quantitative estimate of drug-likeness (QED) is 0.319. The molecule has 0 heterocycles. The van der Waals surface area contributed by atoms with E-state index in [-0.39, 0.29) is 11.8 Å². The molecule has 4 aromatic rings. The van der Waals surface area contributed by atoms with Crippen molar-refractivity contribution in [1.82, 2.24) is 0 Å². The predicted molar refractivity (Wildman–Crippen MR) is 139 cm³/mol. The largest absolute Gasteiger partial charge is 0.497 e. The Morgan fingerprint density at radius 1 is 0.595 bits per heavy atom. The van der Waals surface area contributed by atoms with Crippen LogP contribution in [0.1, 0.15) is 60.4 Å². The lowest BCUT2D eigenvalue weighted by Gasteiger charge is -2.49. The molecule has 0 amide bonds. The number of methoxy groups -OCH3 is 1. The number of fused-ring (bicyclic) bond motifs is 1. The Bertz CT molecular complexity index is 1460. The van der Waals surface area contributed by atoms with Gasteiger partial charge in [0.15, 0.2) is 12.2 Å². The molecular formula is C32H26O5. The van der Waals surface area contributed by atoms with Crippen molar-refractivity contribution >= 4 is 11.9 Å². The standard InChI is InChI=1S/C32H26O5/c1-19-9-7-10-20(17-19)31(33)36-29-27-23-13-3-5-15-25(23)28(26-16-6-4-14-24(26)27)30(29)37-32(34)21-11-8-12-22(18-21)35-2/h3-18,27-30H,1-2H3/t27-,28-,29?,30?. The van der Waals surface area contributed by atoms with Gasteiger partial charge < -0.3 is 14.2 Å². The highest BCUT2D eigenvalue weighted by atomic mass is 16.6. The Labute approximate surface area is 215 Å². The minimum atomic E-state index is -0.692. The third-order valence-corrected chi connectivity index (χ3v) is 7.36. The van der Waals surface area contributed by atoms with Crippen molar-refractivity contribution in [3.8, 4) is 5.75 Å². The van der Waals surface area contributed by atoms with Gasteiger partial charge in [-0.3, -0.25) is 0 Å². The molecule has 3 aliphatic rings. The number of benzene rings is 4. The summed E-state index contributed by atoms with van der Waals surface area (Å²) in [6, 6.07) is 30.5. The molecule has 0 aromatic heterocycles. The number of hydrogen-bond donors (Lipinski definition) is 0. The SMILES string of the molecule is COc1cccc(C(=O)OC2C(OC(=O)c3cccc(C)c3)[C@H]3c4ccccc4[C@H]2c2ccccc23)c1. The minimum Gasteiger partial charge on any atom is -0.497 e. The molecule has 184 valence electrons. The highest BCUT2D eigenvalue weighted by Gasteiger charge is 2.53. The smallest absolute Gasteiger partial charge is 0.338 e. The van der Waals surface area contributed by atoms with E-state index in [1.165, 1.54) is 0 Å². The van der Waals surface area contributed by atoms with Crippen LogP contribution >= 0.6 is 0 Å². The molecule has 4 aromatic carbocycles. The fourth-order valence-corrected chi connectivity index (χ4v) is 5.75. The summed E-state index contributed by atoms with van der Waals surface area (Å²) < 4.78 is 17.8. The molecule has 0 radical (unpaired) electrons. The topological polar surface area (TPSA) is 61.8 Å². The molecule has 5 nitrogen and oxygen atoms in total. The van der Waals surface area contributed by atoms with E-state index < -0.39 is 24.1 Å². The van der Waals surface area contributed by atoms with E-state index in [1.54, 1.807) is 37.4 Å². The molecule has 0 aliphatic heterocycles. The van der Waals surface area contributed by atoms with E-state index >= 15 is 0 Å². The van der Waals surface area contributed by atoms with Crippen molar-refractivity contribution in [1.29, 1.82) is 0 Å². The first-order valence-corrected chi connectivity index (χ1v) is 12.4. The maximum atomic E-state index is 13.4. The Balaban J connectivity index is 1.44. The summed E-state index contributed by atoms with van der Waals surface area (Å²) in [6.07, 6.45) is -1.38. The van der Waals surface area contributed by atoms with Crippen molar-refractivity contribution < 1.29 is 23.8 Å². The molecule has 0 saturated carbocycles. The van der Waals surface area contributed by atoms with Gasteiger partial charge in [-0.2, -0.15) is 0 Å². The van der Waals surface area contributed by atoms with E-state index in [1.807, 2.05) is 49.4 Å². The van der Waals surface area contributed by atoms with Crippen LogP contribution in [0.4, 0.5) is 0 Å². The summed E-state index contributed by atoms with van der Waals surface area (Å²) in [4.78, 5) is 26.8. The number of ether oxygens (including phenoxy) is 3. The Hall–Kier alpha value is -4.38. The molecule has 0 N–H and O–H groups in total. The zero-order chi connectivity index (χ0) is 25.5. The van der Waals surface area contributed by atoms with Gasteiger partial charge >= 0.3 is 11.9 Å². The molecule has 5 heteroatoms. The average molecular weight is 491 g/mol. The van der Waals surface area contributed by atoms with Crippen LogP contribution in [-0.2, 0) is 9.47 Å². The van der Waals surface area contributed by atoms with Crippen LogP contribution in [0.2, 0.25) is 0 Å². The summed E-state index contributed by atoms with van der Waals surface area (Å²) in [5, 5.41) is 0. The number of carbonyl (C=O) groups excluding carboxylic acids is 2. The van der Waals surface area contributed by atoms with Gasteiger partial charge in [-0.05, 0) is 59.5 Å². The third kappa shape index (κ3) is 3.97. The van der Waals surface area contributed by atoms with Crippen molar-refractivity contribution in [2.45, 2.75) is 31.0 Å². The number of carbonyl (C=O) groups is 2. The van der Waals surface area contributed by atoms with Crippen LogP contribution < -0.4 is 4.74 Å². The van der Waals surface area contributed by atoms with E-state index in [0.717, 1.165) is 27.8 Å². The normalized spacial score (nSPS) is 20.9. The van der Waals surface area contributed by atoms with Crippen LogP contribution in [0.5, 0.6) is 5.75 Å². The first-order chi connectivity index (χ1) is 18.0. The van der Waals surface area contributed by atoms with Crippen LogP contribution in [-0.4, -0.2) is 31.3 Å². The van der Waals surface area contributed by atoms with Gasteiger partial charge in [0, 0.05) is 0 Å². The first kappa shape index (κ1) is 23.0. The Morgan fingerprint density at radius 2 is 1.05 bits per heavy atom. The number of esters is 2. The summed E-state index contributed by atoms with van der Waals surface area (Å²) >= 11 is 0. The molecule has 0 fully saturated rings. The molecule has 0 saturated heterocycles. The molecule has 37 heavy (non-hydrogen) atoms. The first-order valence-electron chi connectivity index (χ1n) is 12.4. The van der Waals surface area contributed by atoms with Crippen molar-refractivity contribution in [3.05, 3.63) is 136 Å². The van der Waals surface area contributed by atoms with Gasteiger partial charge in [-0.25, -0.2) is 9.59 Å². The van der Waals surface area contributed by atoms with E-state index in [9.17, 15) is 9.59 Å². The lowest BCUT2D eigenvalue weighted by molar-refractivity contribution is -0.0557. The second-order valence-electron chi connectivity index (χ2n) is 9.55. The fourth-order valence-electron chi connectivity index (χ4n) is 5.75. The highest BCUT2D eigenvalue weighted by molar-refractivity contribution is 5.91. The monoisotopic (exact) mass is 490 g/mol. The fraction of sp³-hybridized carbons (Fsp3) is 0.188. The van der Waals surface area contributed by atoms with Gasteiger partial charge in [0.2, 0.25) is 0 Å². The second kappa shape index (κ2) is 9.25. The third-order valence-electron chi connectivity index (χ3n) is 7.36. The summed E-state index contributed by atoms with van der Waals surface area (Å²) in [5.41, 5.74) is 6.21.